The van der Waals surface area contributed by atoms with Crippen molar-refractivity contribution >= 4 is 11.9 Å². The topological polar surface area (TPSA) is 97.1 Å². The Kier molecular flexibility index (Phi) is 3.44. The Labute approximate surface area is 156 Å². The molecule has 1 aliphatic heterocycles. The molecule has 1 aromatic heterocycles. The average molecular weight is 366 g/mol. The first-order valence-corrected chi connectivity index (χ1v) is 9.53. The van der Waals surface area contributed by atoms with Gasteiger partial charge in [-0.3, -0.25) is 10.1 Å². The molecule has 1 atom stereocenters. The maximum Gasteiger partial charge on any atom is 0.322 e. The van der Waals surface area contributed by atoms with Crippen LogP contribution < -0.4 is 10.6 Å². The van der Waals surface area contributed by atoms with E-state index in [0.29, 0.717) is 28.6 Å². The fourth-order valence-corrected chi connectivity index (χ4v) is 4.80. The van der Waals surface area contributed by atoms with Gasteiger partial charge in [-0.25, -0.2) is 4.79 Å². The monoisotopic (exact) mass is 366 g/mol. The zero-order valence-corrected chi connectivity index (χ0v) is 15.2. The number of hydrogen-bond acceptors (Lipinski definition) is 5. The van der Waals surface area contributed by atoms with Crippen LogP contribution in [0.3, 0.4) is 0 Å². The summed E-state index contributed by atoms with van der Waals surface area (Å²) >= 11 is 0. The molecule has 0 bridgehead atoms. The Hall–Kier alpha value is -2.70. The lowest BCUT2D eigenvalue weighted by atomic mass is 9.51. The van der Waals surface area contributed by atoms with Gasteiger partial charge in [-0.1, -0.05) is 35.8 Å². The van der Waals surface area contributed by atoms with Crippen LogP contribution in [-0.4, -0.2) is 22.1 Å². The minimum Gasteiger partial charge on any atom is -0.339 e. The molecular weight excluding hydrogens is 344 g/mol. The summed E-state index contributed by atoms with van der Waals surface area (Å²) in [6.45, 7) is 1.68. The lowest BCUT2D eigenvalue weighted by molar-refractivity contribution is -0.123. The number of rotatable bonds is 4. The normalized spacial score (nSPS) is 26.4. The van der Waals surface area contributed by atoms with Gasteiger partial charge < -0.3 is 9.84 Å². The van der Waals surface area contributed by atoms with Crippen LogP contribution in [0.1, 0.15) is 50.5 Å². The summed E-state index contributed by atoms with van der Waals surface area (Å²) in [4.78, 5) is 28.0. The van der Waals surface area contributed by atoms with Gasteiger partial charge in [-0.2, -0.15) is 4.98 Å². The lowest BCUT2D eigenvalue weighted by Crippen LogP contribution is -2.43. The van der Waals surface area contributed by atoms with Gasteiger partial charge in [0.1, 0.15) is 5.54 Å². The molecule has 2 heterocycles. The van der Waals surface area contributed by atoms with Crippen LogP contribution in [0.25, 0.3) is 11.4 Å². The number of imide groups is 1. The first kappa shape index (κ1) is 16.5. The van der Waals surface area contributed by atoms with Gasteiger partial charge in [0.05, 0.1) is 0 Å². The SMILES string of the molecule is CC1(c2ccc(-c3noc(CC4CC5(CCC5)C4)n3)cc2)NC(=O)NC1=O. The minimum atomic E-state index is -1.06. The number of carbonyl (C=O) groups is 2. The van der Waals surface area contributed by atoms with Gasteiger partial charge in [0.2, 0.25) is 11.7 Å². The first-order chi connectivity index (χ1) is 13.0. The van der Waals surface area contributed by atoms with Crippen molar-refractivity contribution in [2.45, 2.75) is 51.0 Å². The Morgan fingerprint density at radius 3 is 2.52 bits per heavy atom. The van der Waals surface area contributed by atoms with E-state index in [1.807, 2.05) is 24.3 Å². The maximum absolute atomic E-state index is 12.0. The van der Waals surface area contributed by atoms with Gasteiger partial charge >= 0.3 is 6.03 Å². The number of nitrogens with zero attached hydrogens (tertiary/aromatic N) is 2. The second kappa shape index (κ2) is 5.65. The second-order valence-electron chi connectivity index (χ2n) is 8.45. The third kappa shape index (κ3) is 2.64. The predicted molar refractivity (Wildman–Crippen MR) is 96.5 cm³/mol. The van der Waals surface area contributed by atoms with Gasteiger partial charge in [0.15, 0.2) is 0 Å². The molecule has 7 heteroatoms. The molecule has 2 aromatic rings. The number of nitrogens with one attached hydrogen (secondary N) is 2. The maximum atomic E-state index is 12.0. The van der Waals surface area contributed by atoms with E-state index in [1.165, 1.54) is 32.1 Å². The van der Waals surface area contributed by atoms with Crippen molar-refractivity contribution in [3.05, 3.63) is 35.7 Å². The Balaban J connectivity index is 1.28. The van der Waals surface area contributed by atoms with E-state index in [9.17, 15) is 9.59 Å². The molecule has 1 unspecified atom stereocenters. The van der Waals surface area contributed by atoms with Crippen molar-refractivity contribution in [3.63, 3.8) is 0 Å². The molecule has 3 amide bonds. The average Bonchev–Trinajstić information content (AvgIpc) is 3.14. The van der Waals surface area contributed by atoms with Crippen molar-refractivity contribution in [3.8, 4) is 11.4 Å². The standard InChI is InChI=1S/C20H22N4O3/c1-19(17(25)22-18(26)23-19)14-5-3-13(4-6-14)16-21-15(27-24-16)9-12-10-20(11-12)7-2-8-20/h3-6,12H,2,7-11H2,1H3,(H2,22,23,25,26). The first-order valence-electron chi connectivity index (χ1n) is 9.53. The predicted octanol–water partition coefficient (Wildman–Crippen LogP) is 2.91. The number of carbonyl (C=O) groups excluding carboxylic acids is 2. The van der Waals surface area contributed by atoms with Crippen LogP contribution in [-0.2, 0) is 16.8 Å². The van der Waals surface area contributed by atoms with Gasteiger partial charge in [0, 0.05) is 12.0 Å². The fourth-order valence-electron chi connectivity index (χ4n) is 4.80. The van der Waals surface area contributed by atoms with Crippen LogP contribution in [0, 0.1) is 11.3 Å². The number of urea groups is 1. The molecule has 27 heavy (non-hydrogen) atoms. The zero-order valence-electron chi connectivity index (χ0n) is 15.2. The van der Waals surface area contributed by atoms with Gasteiger partial charge in [-0.05, 0) is 49.5 Å². The number of amides is 3. The van der Waals surface area contributed by atoms with Crippen molar-refractivity contribution in [2.75, 3.05) is 0 Å². The Bertz CT molecular complexity index is 908. The molecular formula is C20H22N4O3. The zero-order chi connectivity index (χ0) is 18.6. The molecule has 1 saturated heterocycles. The van der Waals surface area contributed by atoms with Gasteiger partial charge in [-0.15, -0.1) is 0 Å². The van der Waals surface area contributed by atoms with E-state index < -0.39 is 11.6 Å². The van der Waals surface area contributed by atoms with E-state index in [2.05, 4.69) is 20.8 Å². The van der Waals surface area contributed by atoms with Crippen LogP contribution >= 0.6 is 0 Å². The van der Waals surface area contributed by atoms with Crippen LogP contribution in [0.4, 0.5) is 4.79 Å². The third-order valence-corrected chi connectivity index (χ3v) is 6.55. The van der Waals surface area contributed by atoms with E-state index in [1.54, 1.807) is 6.92 Å². The number of hydrogen-bond donors (Lipinski definition) is 2. The molecule has 5 rings (SSSR count). The van der Waals surface area contributed by atoms with Crippen molar-refractivity contribution in [2.24, 2.45) is 11.3 Å². The minimum absolute atomic E-state index is 0.355. The highest BCUT2D eigenvalue weighted by atomic mass is 16.5. The summed E-state index contributed by atoms with van der Waals surface area (Å²) in [5.74, 6) is 1.57. The number of benzene rings is 1. The van der Waals surface area contributed by atoms with E-state index >= 15 is 0 Å². The molecule has 1 aromatic carbocycles. The third-order valence-electron chi connectivity index (χ3n) is 6.55. The van der Waals surface area contributed by atoms with E-state index in [4.69, 9.17) is 4.52 Å². The molecule has 7 nitrogen and oxygen atoms in total. The Morgan fingerprint density at radius 1 is 1.19 bits per heavy atom. The van der Waals surface area contributed by atoms with Gasteiger partial charge in [0.25, 0.3) is 5.91 Å². The van der Waals surface area contributed by atoms with Crippen LogP contribution in [0.5, 0.6) is 0 Å². The summed E-state index contributed by atoms with van der Waals surface area (Å²) < 4.78 is 5.44. The summed E-state index contributed by atoms with van der Waals surface area (Å²) in [6, 6.07) is 6.83. The summed E-state index contributed by atoms with van der Waals surface area (Å²) in [5.41, 5.74) is 1.13. The smallest absolute Gasteiger partial charge is 0.322 e. The second-order valence-corrected chi connectivity index (χ2v) is 8.45. The van der Waals surface area contributed by atoms with Crippen LogP contribution in [0.15, 0.2) is 28.8 Å². The molecule has 2 saturated carbocycles. The highest BCUT2D eigenvalue weighted by Gasteiger charge is 2.48. The highest BCUT2D eigenvalue weighted by molar-refractivity contribution is 6.07. The van der Waals surface area contributed by atoms with E-state index in [-0.39, 0.29) is 5.91 Å². The van der Waals surface area contributed by atoms with Crippen LogP contribution in [0.2, 0.25) is 0 Å². The molecule has 3 aliphatic rings. The van der Waals surface area contributed by atoms with Crippen molar-refractivity contribution < 1.29 is 14.1 Å². The largest absolute Gasteiger partial charge is 0.339 e. The summed E-state index contributed by atoms with van der Waals surface area (Å²) in [5, 5.41) is 9.04. The Morgan fingerprint density at radius 2 is 1.93 bits per heavy atom. The van der Waals surface area contributed by atoms with Crippen molar-refractivity contribution in [1.82, 2.24) is 20.8 Å². The highest BCUT2D eigenvalue weighted by Crippen LogP contribution is 2.59. The molecule has 3 fully saturated rings. The molecule has 0 radical (unpaired) electrons. The fraction of sp³-hybridized carbons (Fsp3) is 0.500. The lowest BCUT2D eigenvalue weighted by Gasteiger charge is -2.54. The quantitative estimate of drug-likeness (QED) is 0.811. The molecule has 1 spiro atoms. The molecule has 2 aliphatic carbocycles. The molecule has 2 N–H and O–H groups in total. The number of aromatic nitrogens is 2. The summed E-state index contributed by atoms with van der Waals surface area (Å²) in [6.07, 6.45) is 7.62. The summed E-state index contributed by atoms with van der Waals surface area (Å²) in [7, 11) is 0. The van der Waals surface area contributed by atoms with E-state index in [0.717, 1.165) is 12.0 Å². The molecule has 140 valence electrons. The van der Waals surface area contributed by atoms with Crippen molar-refractivity contribution in [1.29, 1.82) is 0 Å².